The molecule has 0 aliphatic carbocycles. The third-order valence-electron chi connectivity index (χ3n) is 2.46. The zero-order valence-electron chi connectivity index (χ0n) is 10.0. The van der Waals surface area contributed by atoms with Crippen molar-refractivity contribution in [3.05, 3.63) is 65.2 Å². The van der Waals surface area contributed by atoms with Gasteiger partial charge in [-0.3, -0.25) is 0 Å². The van der Waals surface area contributed by atoms with E-state index in [0.29, 0.717) is 11.1 Å². The number of hydrazone groups is 1. The second kappa shape index (κ2) is 5.95. The summed E-state index contributed by atoms with van der Waals surface area (Å²) < 4.78 is 31.9. The molecule has 0 aliphatic rings. The van der Waals surface area contributed by atoms with E-state index in [2.05, 4.69) is 5.10 Å². The van der Waals surface area contributed by atoms with Crippen molar-refractivity contribution < 1.29 is 13.5 Å². The largest absolute Gasteiger partial charge is 0.486 e. The zero-order chi connectivity index (χ0) is 13.7. The van der Waals surface area contributed by atoms with Gasteiger partial charge in [0, 0.05) is 0 Å². The highest BCUT2D eigenvalue weighted by Crippen LogP contribution is 2.19. The van der Waals surface area contributed by atoms with Gasteiger partial charge in [-0.1, -0.05) is 12.1 Å². The maximum atomic E-state index is 13.7. The third-order valence-corrected chi connectivity index (χ3v) is 2.46. The van der Waals surface area contributed by atoms with Crippen LogP contribution in [0.5, 0.6) is 5.75 Å². The number of ether oxygens (including phenoxy) is 1. The fourth-order valence-corrected chi connectivity index (χ4v) is 1.59. The van der Waals surface area contributed by atoms with Crippen LogP contribution in [0.25, 0.3) is 0 Å². The number of hydrogen-bond acceptors (Lipinski definition) is 3. The summed E-state index contributed by atoms with van der Waals surface area (Å²) in [5.74, 6) is 4.20. The highest BCUT2D eigenvalue weighted by molar-refractivity contribution is 5.79. The molecular formula is C14H12F2N2O. The van der Waals surface area contributed by atoms with Gasteiger partial charge < -0.3 is 10.6 Å². The quantitative estimate of drug-likeness (QED) is 0.523. The van der Waals surface area contributed by atoms with Gasteiger partial charge in [0.05, 0.1) is 6.21 Å². The summed E-state index contributed by atoms with van der Waals surface area (Å²) in [4.78, 5) is 0. The lowest BCUT2D eigenvalue weighted by atomic mass is 10.2. The van der Waals surface area contributed by atoms with Gasteiger partial charge in [-0.25, -0.2) is 8.78 Å². The Labute approximate surface area is 109 Å². The molecule has 2 aromatic rings. The fraction of sp³-hybridized carbons (Fsp3) is 0.0714. The summed E-state index contributed by atoms with van der Waals surface area (Å²) in [5, 5.41) is 3.31. The lowest BCUT2D eigenvalue weighted by Gasteiger charge is -2.07. The number of rotatable bonds is 4. The van der Waals surface area contributed by atoms with Crippen molar-refractivity contribution in [2.75, 3.05) is 0 Å². The average molecular weight is 262 g/mol. The van der Waals surface area contributed by atoms with Crippen molar-refractivity contribution >= 4 is 6.21 Å². The van der Waals surface area contributed by atoms with Crippen LogP contribution < -0.4 is 10.6 Å². The molecule has 0 unspecified atom stereocenters. The van der Waals surface area contributed by atoms with Crippen molar-refractivity contribution in [2.45, 2.75) is 6.61 Å². The summed E-state index contributed by atoms with van der Waals surface area (Å²) in [5.41, 5.74) is 1.17. The summed E-state index contributed by atoms with van der Waals surface area (Å²) in [6, 6.07) is 10.3. The molecule has 0 radical (unpaired) electrons. The van der Waals surface area contributed by atoms with Gasteiger partial charge in [-0.05, 0) is 41.5 Å². The van der Waals surface area contributed by atoms with Crippen LogP contribution in [0, 0.1) is 11.6 Å². The van der Waals surface area contributed by atoms with Crippen LogP contribution >= 0.6 is 0 Å². The van der Waals surface area contributed by atoms with Gasteiger partial charge in [0.15, 0.2) is 11.6 Å². The molecule has 0 fully saturated rings. The Morgan fingerprint density at radius 3 is 2.68 bits per heavy atom. The molecule has 0 saturated heterocycles. The molecule has 2 N–H and O–H groups in total. The monoisotopic (exact) mass is 262 g/mol. The molecule has 0 saturated carbocycles. The first-order valence-electron chi connectivity index (χ1n) is 5.59. The van der Waals surface area contributed by atoms with E-state index in [4.69, 9.17) is 10.6 Å². The lowest BCUT2D eigenvalue weighted by Crippen LogP contribution is -1.98. The van der Waals surface area contributed by atoms with Crippen molar-refractivity contribution in [3.8, 4) is 5.75 Å². The molecule has 5 heteroatoms. The highest BCUT2D eigenvalue weighted by Gasteiger charge is 2.05. The van der Waals surface area contributed by atoms with Gasteiger partial charge in [0.2, 0.25) is 0 Å². The van der Waals surface area contributed by atoms with Crippen molar-refractivity contribution in [1.82, 2.24) is 0 Å². The standard InChI is InChI=1S/C14H12F2N2O/c15-12-3-1-2-11(6-12)9-19-14-5-4-10(8-18-17)7-13(14)16/h1-8H,9,17H2. The van der Waals surface area contributed by atoms with Crippen LogP contribution in [-0.4, -0.2) is 6.21 Å². The number of halogens is 2. The number of nitrogens with zero attached hydrogens (tertiary/aromatic N) is 1. The maximum absolute atomic E-state index is 13.7. The summed E-state index contributed by atoms with van der Waals surface area (Å²) >= 11 is 0. The first-order valence-corrected chi connectivity index (χ1v) is 5.59. The molecule has 0 heterocycles. The van der Waals surface area contributed by atoms with Gasteiger partial charge in [0.25, 0.3) is 0 Å². The van der Waals surface area contributed by atoms with E-state index >= 15 is 0 Å². The molecule has 2 rings (SSSR count). The Morgan fingerprint density at radius 1 is 1.16 bits per heavy atom. The van der Waals surface area contributed by atoms with E-state index < -0.39 is 5.82 Å². The lowest BCUT2D eigenvalue weighted by molar-refractivity contribution is 0.290. The number of benzene rings is 2. The van der Waals surface area contributed by atoms with E-state index in [1.807, 2.05) is 0 Å². The fourth-order valence-electron chi connectivity index (χ4n) is 1.59. The van der Waals surface area contributed by atoms with Crippen LogP contribution in [0.2, 0.25) is 0 Å². The van der Waals surface area contributed by atoms with Gasteiger partial charge in [0.1, 0.15) is 12.4 Å². The molecule has 0 aromatic heterocycles. The smallest absolute Gasteiger partial charge is 0.165 e. The van der Waals surface area contributed by atoms with Gasteiger partial charge in [-0.15, -0.1) is 0 Å². The topological polar surface area (TPSA) is 47.6 Å². The Balaban J connectivity index is 2.07. The van der Waals surface area contributed by atoms with Crippen LogP contribution in [0.4, 0.5) is 8.78 Å². The molecular weight excluding hydrogens is 250 g/mol. The minimum absolute atomic E-state index is 0.0958. The molecule has 0 amide bonds. The SMILES string of the molecule is NN=Cc1ccc(OCc2cccc(F)c2)c(F)c1. The van der Waals surface area contributed by atoms with Gasteiger partial charge in [-0.2, -0.15) is 5.10 Å². The Kier molecular flexibility index (Phi) is 4.07. The molecule has 2 aromatic carbocycles. The molecule has 0 bridgehead atoms. The highest BCUT2D eigenvalue weighted by atomic mass is 19.1. The van der Waals surface area contributed by atoms with Crippen molar-refractivity contribution in [3.63, 3.8) is 0 Å². The van der Waals surface area contributed by atoms with E-state index in [0.717, 1.165) is 0 Å². The molecule has 19 heavy (non-hydrogen) atoms. The van der Waals surface area contributed by atoms with Crippen LogP contribution in [-0.2, 0) is 6.61 Å². The number of hydrogen-bond donors (Lipinski definition) is 1. The zero-order valence-corrected chi connectivity index (χ0v) is 10.0. The Hall–Kier alpha value is -2.43. The predicted molar refractivity (Wildman–Crippen MR) is 68.9 cm³/mol. The minimum Gasteiger partial charge on any atom is -0.486 e. The minimum atomic E-state index is -0.520. The normalized spacial score (nSPS) is 10.8. The summed E-state index contributed by atoms with van der Waals surface area (Å²) in [7, 11) is 0. The van der Waals surface area contributed by atoms with E-state index in [9.17, 15) is 8.78 Å². The van der Waals surface area contributed by atoms with E-state index in [1.165, 1.54) is 30.5 Å². The summed E-state index contributed by atoms with van der Waals surface area (Å²) in [6.45, 7) is 0.0962. The number of nitrogens with two attached hydrogens (primary N) is 1. The predicted octanol–water partition coefficient (Wildman–Crippen LogP) is 2.84. The van der Waals surface area contributed by atoms with Crippen molar-refractivity contribution in [2.24, 2.45) is 10.9 Å². The maximum Gasteiger partial charge on any atom is 0.165 e. The molecule has 0 spiro atoms. The molecule has 0 aliphatic heterocycles. The molecule has 0 atom stereocenters. The van der Waals surface area contributed by atoms with E-state index in [-0.39, 0.29) is 18.2 Å². The molecule has 3 nitrogen and oxygen atoms in total. The second-order valence-electron chi connectivity index (χ2n) is 3.89. The van der Waals surface area contributed by atoms with Crippen molar-refractivity contribution in [1.29, 1.82) is 0 Å². The van der Waals surface area contributed by atoms with Crippen LogP contribution in [0.3, 0.4) is 0 Å². The Morgan fingerprint density at radius 2 is 2.00 bits per heavy atom. The Bertz CT molecular complexity index is 600. The molecule has 98 valence electrons. The van der Waals surface area contributed by atoms with Gasteiger partial charge >= 0.3 is 0 Å². The van der Waals surface area contributed by atoms with E-state index in [1.54, 1.807) is 18.2 Å². The average Bonchev–Trinajstić information content (AvgIpc) is 2.38. The first kappa shape index (κ1) is 13.0. The van der Waals surface area contributed by atoms with Crippen LogP contribution in [0.1, 0.15) is 11.1 Å². The summed E-state index contributed by atoms with van der Waals surface area (Å²) in [6.07, 6.45) is 1.33. The third kappa shape index (κ3) is 3.51. The first-order chi connectivity index (χ1) is 9.19. The second-order valence-corrected chi connectivity index (χ2v) is 3.89. The van der Waals surface area contributed by atoms with Crippen LogP contribution in [0.15, 0.2) is 47.6 Å².